The first-order chi connectivity index (χ1) is 16.5. The van der Waals surface area contributed by atoms with Gasteiger partial charge in [-0.25, -0.2) is 9.18 Å². The molecule has 2 aliphatic rings. The molecule has 3 aromatic carbocycles. The number of benzene rings is 3. The van der Waals surface area contributed by atoms with E-state index < -0.39 is 47.7 Å². The Labute approximate surface area is 201 Å². The summed E-state index contributed by atoms with van der Waals surface area (Å²) in [4.78, 5) is 26.5. The summed E-state index contributed by atoms with van der Waals surface area (Å²) in [6.45, 7) is -1.05. The van der Waals surface area contributed by atoms with Crippen molar-refractivity contribution in [3.8, 4) is 0 Å². The predicted octanol–water partition coefficient (Wildman–Crippen LogP) is 5.11. The van der Waals surface area contributed by atoms with E-state index in [1.54, 1.807) is 0 Å². The molecule has 180 valence electrons. The van der Waals surface area contributed by atoms with Gasteiger partial charge >= 0.3 is 12.2 Å². The molecule has 6 nitrogen and oxygen atoms in total. The minimum atomic E-state index is -5.03. The molecule has 0 fully saturated rings. The van der Waals surface area contributed by atoms with Crippen LogP contribution in [0, 0.1) is 5.82 Å². The lowest BCUT2D eigenvalue weighted by Crippen LogP contribution is -2.48. The SMILES string of the molecule is O=C1N[C@@H](c2cc(F)ccc2Cl)c2c(NC(=O)N3C[C@](O)(C(F)(F)F)c4ccccc43)cccc21. The molecule has 3 N–H and O–H groups in total. The van der Waals surface area contributed by atoms with Gasteiger partial charge in [-0.1, -0.05) is 35.9 Å². The van der Waals surface area contributed by atoms with Gasteiger partial charge < -0.3 is 15.7 Å². The van der Waals surface area contributed by atoms with Crippen LogP contribution >= 0.6 is 11.6 Å². The Kier molecular flexibility index (Phi) is 5.26. The van der Waals surface area contributed by atoms with E-state index in [-0.39, 0.29) is 33.1 Å². The molecule has 0 aliphatic carbocycles. The summed E-state index contributed by atoms with van der Waals surface area (Å²) < 4.78 is 55.1. The quantitative estimate of drug-likeness (QED) is 0.423. The molecule has 0 unspecified atom stereocenters. The van der Waals surface area contributed by atoms with Gasteiger partial charge in [0.25, 0.3) is 5.91 Å². The van der Waals surface area contributed by atoms with E-state index in [1.807, 2.05) is 0 Å². The molecule has 35 heavy (non-hydrogen) atoms. The molecule has 0 saturated carbocycles. The van der Waals surface area contributed by atoms with Crippen LogP contribution in [0.5, 0.6) is 0 Å². The van der Waals surface area contributed by atoms with E-state index in [4.69, 9.17) is 11.6 Å². The number of carbonyl (C=O) groups is 2. The molecule has 3 amide bonds. The van der Waals surface area contributed by atoms with Gasteiger partial charge in [0, 0.05) is 33.0 Å². The maximum Gasteiger partial charge on any atom is 0.423 e. The summed E-state index contributed by atoms with van der Waals surface area (Å²) in [5, 5.41) is 15.9. The summed E-state index contributed by atoms with van der Waals surface area (Å²) >= 11 is 6.23. The van der Waals surface area contributed by atoms with E-state index in [1.165, 1.54) is 42.5 Å². The Balaban J connectivity index is 1.53. The Morgan fingerprint density at radius 1 is 1.14 bits per heavy atom. The smallest absolute Gasteiger partial charge is 0.375 e. The van der Waals surface area contributed by atoms with Crippen LogP contribution < -0.4 is 15.5 Å². The van der Waals surface area contributed by atoms with Crippen LogP contribution in [-0.2, 0) is 5.60 Å². The minimum absolute atomic E-state index is 0.101. The summed E-state index contributed by atoms with van der Waals surface area (Å²) in [5.41, 5.74) is -2.93. The number of β-amino-alcohol motifs (C(OH)–C–C–N with tert-alkyl or cyclic N) is 1. The van der Waals surface area contributed by atoms with Crippen molar-refractivity contribution in [2.45, 2.75) is 17.8 Å². The fourth-order valence-corrected chi connectivity index (χ4v) is 4.72. The van der Waals surface area contributed by atoms with Gasteiger partial charge in [0.05, 0.1) is 18.3 Å². The number of hydrogen-bond donors (Lipinski definition) is 3. The van der Waals surface area contributed by atoms with Crippen LogP contribution in [0.4, 0.5) is 33.7 Å². The molecule has 0 spiro atoms. The van der Waals surface area contributed by atoms with Gasteiger partial charge in [-0.15, -0.1) is 0 Å². The van der Waals surface area contributed by atoms with Gasteiger partial charge in [-0.05, 0) is 36.4 Å². The Hall–Kier alpha value is -3.63. The monoisotopic (exact) mass is 505 g/mol. The number of urea groups is 1. The van der Waals surface area contributed by atoms with Crippen LogP contribution in [0.3, 0.4) is 0 Å². The van der Waals surface area contributed by atoms with Crippen LogP contribution in [0.1, 0.15) is 33.1 Å². The molecule has 0 radical (unpaired) electrons. The lowest BCUT2D eigenvalue weighted by Gasteiger charge is -2.27. The third kappa shape index (κ3) is 3.60. The van der Waals surface area contributed by atoms with Crippen molar-refractivity contribution in [2.75, 3.05) is 16.8 Å². The van der Waals surface area contributed by atoms with E-state index in [2.05, 4.69) is 10.6 Å². The number of nitrogens with one attached hydrogen (secondary N) is 2. The number of aliphatic hydroxyl groups is 1. The summed E-state index contributed by atoms with van der Waals surface area (Å²) in [7, 11) is 0. The van der Waals surface area contributed by atoms with E-state index >= 15 is 0 Å². The lowest BCUT2D eigenvalue weighted by molar-refractivity contribution is -0.258. The maximum absolute atomic E-state index is 13.9. The molecule has 11 heteroatoms. The number of rotatable bonds is 2. The summed E-state index contributed by atoms with van der Waals surface area (Å²) in [6.07, 6.45) is -5.03. The number of alkyl halides is 3. The predicted molar refractivity (Wildman–Crippen MR) is 120 cm³/mol. The number of nitrogens with zero attached hydrogens (tertiary/aromatic N) is 1. The summed E-state index contributed by atoms with van der Waals surface area (Å²) in [5.74, 6) is -1.08. The van der Waals surface area contributed by atoms with Crippen molar-refractivity contribution in [3.05, 3.63) is 93.8 Å². The molecule has 2 aliphatic heterocycles. The van der Waals surface area contributed by atoms with E-state index in [0.717, 1.165) is 23.1 Å². The zero-order chi connectivity index (χ0) is 25.1. The highest BCUT2D eigenvalue weighted by atomic mass is 35.5. The molecular weight excluding hydrogens is 490 g/mol. The summed E-state index contributed by atoms with van der Waals surface area (Å²) in [6, 6.07) is 11.4. The molecule has 0 aromatic heterocycles. The fraction of sp³-hybridized carbons (Fsp3) is 0.167. The number of amides is 3. The van der Waals surface area contributed by atoms with Gasteiger partial charge in [-0.3, -0.25) is 9.69 Å². The molecule has 5 rings (SSSR count). The topological polar surface area (TPSA) is 81.7 Å². The lowest BCUT2D eigenvalue weighted by atomic mass is 9.96. The zero-order valence-corrected chi connectivity index (χ0v) is 18.4. The molecule has 0 saturated heterocycles. The van der Waals surface area contributed by atoms with E-state index in [9.17, 15) is 32.3 Å². The van der Waals surface area contributed by atoms with Gasteiger partial charge in [0.15, 0.2) is 0 Å². The first-order valence-corrected chi connectivity index (χ1v) is 10.7. The third-order valence-corrected chi connectivity index (χ3v) is 6.51. The van der Waals surface area contributed by atoms with Crippen molar-refractivity contribution in [1.82, 2.24) is 5.32 Å². The molecular formula is C24H16ClF4N3O3. The maximum atomic E-state index is 13.9. The van der Waals surface area contributed by atoms with Crippen LogP contribution in [0.25, 0.3) is 0 Å². The van der Waals surface area contributed by atoms with Crippen molar-refractivity contribution in [3.63, 3.8) is 0 Å². The number of hydrogen-bond acceptors (Lipinski definition) is 3. The number of para-hydroxylation sites is 1. The molecule has 0 bridgehead atoms. The average molecular weight is 506 g/mol. The standard InChI is InChI=1S/C24H16ClF4N3O3/c25-16-9-8-12(26)10-14(16)20-19-13(21(33)31-20)4-3-6-17(19)30-22(34)32-11-23(35,24(27,28)29)15-5-1-2-7-18(15)32/h1-10,20,35H,11H2,(H,30,34)(H,31,33)/t20-,23+/m0/s1. The average Bonchev–Trinajstić information content (AvgIpc) is 3.32. The number of halogens is 5. The number of fused-ring (bicyclic) bond motifs is 2. The number of anilines is 2. The molecule has 2 atom stereocenters. The van der Waals surface area contributed by atoms with Crippen molar-refractivity contribution < 1.29 is 32.3 Å². The highest BCUT2D eigenvalue weighted by molar-refractivity contribution is 6.31. The largest absolute Gasteiger partial charge is 0.423 e. The second-order valence-corrected chi connectivity index (χ2v) is 8.64. The zero-order valence-electron chi connectivity index (χ0n) is 17.7. The first kappa shape index (κ1) is 23.1. The number of carbonyl (C=O) groups excluding carboxylic acids is 2. The van der Waals surface area contributed by atoms with Gasteiger partial charge in [0.2, 0.25) is 5.60 Å². The van der Waals surface area contributed by atoms with Crippen molar-refractivity contribution >= 4 is 34.9 Å². The second kappa shape index (κ2) is 7.96. The minimum Gasteiger partial charge on any atom is -0.375 e. The molecule has 3 aromatic rings. The van der Waals surface area contributed by atoms with Crippen molar-refractivity contribution in [2.24, 2.45) is 0 Å². The van der Waals surface area contributed by atoms with Crippen LogP contribution in [0.2, 0.25) is 5.02 Å². The third-order valence-electron chi connectivity index (χ3n) is 6.17. The highest BCUT2D eigenvalue weighted by Gasteiger charge is 2.61. The van der Waals surface area contributed by atoms with Crippen LogP contribution in [-0.4, -0.2) is 29.8 Å². The highest BCUT2D eigenvalue weighted by Crippen LogP contribution is 2.48. The molecule has 2 heterocycles. The van der Waals surface area contributed by atoms with Crippen LogP contribution in [0.15, 0.2) is 60.7 Å². The van der Waals surface area contributed by atoms with E-state index in [0.29, 0.717) is 0 Å². The second-order valence-electron chi connectivity index (χ2n) is 8.23. The van der Waals surface area contributed by atoms with Gasteiger partial charge in [0.1, 0.15) is 5.82 Å². The first-order valence-electron chi connectivity index (χ1n) is 10.4. The van der Waals surface area contributed by atoms with Gasteiger partial charge in [-0.2, -0.15) is 13.2 Å². The fourth-order valence-electron chi connectivity index (χ4n) is 4.50. The Morgan fingerprint density at radius 3 is 2.63 bits per heavy atom. The Morgan fingerprint density at radius 2 is 1.89 bits per heavy atom. The van der Waals surface area contributed by atoms with Crippen molar-refractivity contribution in [1.29, 1.82) is 0 Å². The Bertz CT molecular complexity index is 1380. The normalized spacial score (nSPS) is 20.9.